The highest BCUT2D eigenvalue weighted by molar-refractivity contribution is 7.20. The van der Waals surface area contributed by atoms with E-state index in [1.807, 2.05) is 0 Å². The van der Waals surface area contributed by atoms with E-state index in [2.05, 4.69) is 0 Å². The maximum absolute atomic E-state index is 12.7. The average Bonchev–Trinajstić information content (AvgIpc) is 2.43. The third-order valence-electron chi connectivity index (χ3n) is 1.63. The van der Waals surface area contributed by atoms with Crippen LogP contribution in [0.15, 0.2) is 6.07 Å². The van der Waals surface area contributed by atoms with Crippen molar-refractivity contribution < 1.29 is 22.7 Å². The lowest BCUT2D eigenvalue weighted by atomic mass is 10.1. The Morgan fingerprint density at radius 1 is 1.33 bits per heavy atom. The predicted molar refractivity (Wildman–Crippen MR) is 50.2 cm³/mol. The summed E-state index contributed by atoms with van der Waals surface area (Å²) >= 11 is 11.6. The van der Waals surface area contributed by atoms with Gasteiger partial charge in [-0.1, -0.05) is 23.2 Å². The van der Waals surface area contributed by atoms with Gasteiger partial charge in [-0.05, 0) is 6.07 Å². The fourth-order valence-corrected chi connectivity index (χ4v) is 2.39. The highest BCUT2D eigenvalue weighted by Crippen LogP contribution is 2.43. The maximum atomic E-state index is 12.7. The summed E-state index contributed by atoms with van der Waals surface area (Å²) in [7, 11) is 0. The summed E-state index contributed by atoms with van der Waals surface area (Å²) in [6.45, 7) is 0. The van der Waals surface area contributed by atoms with Gasteiger partial charge in [-0.25, -0.2) is 8.78 Å². The van der Waals surface area contributed by atoms with Gasteiger partial charge in [-0.3, -0.25) is 0 Å². The summed E-state index contributed by atoms with van der Waals surface area (Å²) in [5.74, 6) is -4.55. The van der Waals surface area contributed by atoms with Crippen molar-refractivity contribution in [2.75, 3.05) is 0 Å². The van der Waals surface area contributed by atoms with Crippen molar-refractivity contribution in [3.05, 3.63) is 20.3 Å². The molecule has 0 saturated heterocycles. The van der Waals surface area contributed by atoms with Crippen LogP contribution in [0.5, 0.6) is 0 Å². The SMILES string of the molecule is OC(c1cc(Cl)sc1Cl)C(F)(F)C(F)F. The van der Waals surface area contributed by atoms with Crippen molar-refractivity contribution in [1.29, 1.82) is 0 Å². The highest BCUT2D eigenvalue weighted by Gasteiger charge is 2.49. The third kappa shape index (κ3) is 2.55. The summed E-state index contributed by atoms with van der Waals surface area (Å²) in [6, 6.07) is 0.940. The second-order valence-electron chi connectivity index (χ2n) is 2.66. The zero-order chi connectivity index (χ0) is 11.8. The minimum Gasteiger partial charge on any atom is -0.382 e. The summed E-state index contributed by atoms with van der Waals surface area (Å²) in [5.41, 5.74) is -0.489. The first kappa shape index (κ1) is 13.0. The van der Waals surface area contributed by atoms with Gasteiger partial charge < -0.3 is 5.11 Å². The quantitative estimate of drug-likeness (QED) is 0.832. The van der Waals surface area contributed by atoms with Crippen LogP contribution in [0.3, 0.4) is 0 Å². The molecule has 1 aromatic rings. The summed E-state index contributed by atoms with van der Waals surface area (Å²) < 4.78 is 49.1. The van der Waals surface area contributed by atoms with Gasteiger partial charge in [0.1, 0.15) is 4.34 Å². The molecule has 0 radical (unpaired) electrons. The number of hydrogen-bond acceptors (Lipinski definition) is 2. The number of alkyl halides is 4. The molecule has 8 heteroatoms. The van der Waals surface area contributed by atoms with Crippen LogP contribution in [0.25, 0.3) is 0 Å². The van der Waals surface area contributed by atoms with E-state index in [0.717, 1.165) is 17.4 Å². The molecule has 1 unspecified atom stereocenters. The molecule has 0 spiro atoms. The lowest BCUT2D eigenvalue weighted by Crippen LogP contribution is -2.34. The molecule has 0 bridgehead atoms. The standard InChI is InChI=1S/C7H4Cl2F4OS/c8-3-1-2(5(9)15-3)4(14)7(12,13)6(10)11/h1,4,6,14H. The summed E-state index contributed by atoms with van der Waals surface area (Å²) in [4.78, 5) is 0. The molecular weight excluding hydrogens is 279 g/mol. The number of rotatable bonds is 3. The fraction of sp³-hybridized carbons (Fsp3) is 0.429. The number of thiophene rings is 1. The average molecular weight is 283 g/mol. The minimum atomic E-state index is -4.55. The molecule has 1 atom stereocenters. The third-order valence-corrected chi connectivity index (χ3v) is 3.15. The molecule has 1 N–H and O–H groups in total. The van der Waals surface area contributed by atoms with Gasteiger partial charge >= 0.3 is 12.3 Å². The Kier molecular flexibility index (Phi) is 3.86. The Morgan fingerprint density at radius 3 is 2.20 bits per heavy atom. The minimum absolute atomic E-state index is 0.0408. The maximum Gasteiger partial charge on any atom is 0.336 e. The van der Waals surface area contributed by atoms with E-state index in [4.69, 9.17) is 28.3 Å². The molecule has 0 fully saturated rings. The van der Waals surface area contributed by atoms with E-state index < -0.39 is 24.0 Å². The van der Waals surface area contributed by atoms with Crippen LogP contribution < -0.4 is 0 Å². The van der Waals surface area contributed by atoms with Crippen molar-refractivity contribution in [3.8, 4) is 0 Å². The van der Waals surface area contributed by atoms with Crippen molar-refractivity contribution in [3.63, 3.8) is 0 Å². The molecule has 1 rings (SSSR count). The Labute approximate surface area is 96.2 Å². The number of hydrogen-bond donors (Lipinski definition) is 1. The van der Waals surface area contributed by atoms with Crippen molar-refractivity contribution in [2.24, 2.45) is 0 Å². The summed E-state index contributed by atoms with van der Waals surface area (Å²) in [5, 5.41) is 9.05. The van der Waals surface area contributed by atoms with Gasteiger partial charge in [0, 0.05) is 5.56 Å². The van der Waals surface area contributed by atoms with Crippen LogP contribution in [-0.2, 0) is 0 Å². The first-order valence-electron chi connectivity index (χ1n) is 3.55. The smallest absolute Gasteiger partial charge is 0.336 e. The highest BCUT2D eigenvalue weighted by atomic mass is 35.5. The normalized spacial score (nSPS) is 14.7. The largest absolute Gasteiger partial charge is 0.382 e. The first-order chi connectivity index (χ1) is 6.76. The molecule has 0 aliphatic heterocycles. The molecule has 0 saturated carbocycles. The van der Waals surface area contributed by atoms with E-state index >= 15 is 0 Å². The monoisotopic (exact) mass is 282 g/mol. The second-order valence-corrected chi connectivity index (χ2v) is 4.94. The van der Waals surface area contributed by atoms with Gasteiger partial charge in [-0.2, -0.15) is 8.78 Å². The van der Waals surface area contributed by atoms with E-state index in [-0.39, 0.29) is 8.67 Å². The molecule has 15 heavy (non-hydrogen) atoms. The molecule has 86 valence electrons. The fourth-order valence-electron chi connectivity index (χ4n) is 0.866. The predicted octanol–water partition coefficient (Wildman–Crippen LogP) is 3.99. The van der Waals surface area contributed by atoms with Gasteiger partial charge in [0.15, 0.2) is 6.10 Å². The molecule has 0 aromatic carbocycles. The Bertz CT molecular complexity index is 355. The number of aliphatic hydroxyl groups excluding tert-OH is 1. The van der Waals surface area contributed by atoms with Gasteiger partial charge in [-0.15, -0.1) is 11.3 Å². The zero-order valence-corrected chi connectivity index (χ0v) is 9.18. The molecule has 0 amide bonds. The van der Waals surface area contributed by atoms with E-state index in [0.29, 0.717) is 0 Å². The van der Waals surface area contributed by atoms with Crippen LogP contribution in [0, 0.1) is 0 Å². The molecule has 1 nitrogen and oxygen atoms in total. The van der Waals surface area contributed by atoms with Crippen molar-refractivity contribution in [2.45, 2.75) is 18.5 Å². The van der Waals surface area contributed by atoms with Gasteiger partial charge in [0.25, 0.3) is 0 Å². The van der Waals surface area contributed by atoms with Crippen LogP contribution in [0.1, 0.15) is 11.7 Å². The Hall–Kier alpha value is -0.0400. The number of halogens is 6. The topological polar surface area (TPSA) is 20.2 Å². The number of aliphatic hydroxyl groups is 1. The Balaban J connectivity index is 3.04. The molecule has 1 aromatic heterocycles. The van der Waals surface area contributed by atoms with Gasteiger partial charge in [0.05, 0.1) is 4.34 Å². The van der Waals surface area contributed by atoms with Crippen LogP contribution in [0.4, 0.5) is 17.6 Å². The summed E-state index contributed by atoms with van der Waals surface area (Å²) in [6.07, 6.45) is -6.63. The van der Waals surface area contributed by atoms with Crippen LogP contribution >= 0.6 is 34.5 Å². The molecule has 0 aliphatic carbocycles. The first-order valence-corrected chi connectivity index (χ1v) is 5.12. The lowest BCUT2D eigenvalue weighted by Gasteiger charge is -2.21. The van der Waals surface area contributed by atoms with Crippen molar-refractivity contribution >= 4 is 34.5 Å². The van der Waals surface area contributed by atoms with Crippen molar-refractivity contribution in [1.82, 2.24) is 0 Å². The van der Waals surface area contributed by atoms with Gasteiger partial charge in [0.2, 0.25) is 0 Å². The van der Waals surface area contributed by atoms with E-state index in [1.165, 1.54) is 0 Å². The van der Waals surface area contributed by atoms with Crippen LogP contribution in [0.2, 0.25) is 8.67 Å². The molecule has 0 aliphatic rings. The lowest BCUT2D eigenvalue weighted by molar-refractivity contribution is -0.193. The Morgan fingerprint density at radius 2 is 1.87 bits per heavy atom. The zero-order valence-electron chi connectivity index (χ0n) is 6.86. The molecular formula is C7H4Cl2F4OS. The van der Waals surface area contributed by atoms with Crippen LogP contribution in [-0.4, -0.2) is 17.5 Å². The second kappa shape index (κ2) is 4.45. The van der Waals surface area contributed by atoms with E-state index in [1.54, 1.807) is 0 Å². The molecule has 1 heterocycles. The van der Waals surface area contributed by atoms with E-state index in [9.17, 15) is 17.6 Å².